The van der Waals surface area contributed by atoms with Crippen molar-refractivity contribution in [2.24, 2.45) is 5.92 Å². The average molecular weight is 456 g/mol. The zero-order chi connectivity index (χ0) is 24.6. The van der Waals surface area contributed by atoms with Gasteiger partial charge in [-0.2, -0.15) is 0 Å². The lowest BCUT2D eigenvalue weighted by Crippen LogP contribution is -2.51. The summed E-state index contributed by atoms with van der Waals surface area (Å²) in [6.45, 7) is 11.1. The van der Waals surface area contributed by atoms with E-state index in [1.807, 2.05) is 6.92 Å². The highest BCUT2D eigenvalue weighted by Crippen LogP contribution is 2.41. The van der Waals surface area contributed by atoms with Crippen LogP contribution in [0.2, 0.25) is 0 Å². The maximum absolute atomic E-state index is 13.9. The minimum absolute atomic E-state index is 0.0795. The van der Waals surface area contributed by atoms with Crippen LogP contribution in [-0.2, 0) is 21.6 Å². The van der Waals surface area contributed by atoms with Gasteiger partial charge < -0.3 is 20.3 Å². The maximum atomic E-state index is 13.9. The Morgan fingerprint density at radius 2 is 1.97 bits per heavy atom. The molecular weight excluding hydrogens is 425 g/mol. The average Bonchev–Trinajstić information content (AvgIpc) is 3.09. The number of amides is 1. The Morgan fingerprint density at radius 1 is 1.27 bits per heavy atom. The van der Waals surface area contributed by atoms with E-state index < -0.39 is 34.6 Å². The van der Waals surface area contributed by atoms with Crippen LogP contribution >= 0.6 is 0 Å². The Balaban J connectivity index is 1.94. The second-order valence-electron chi connectivity index (χ2n) is 9.61. The number of halogens is 1. The molecule has 3 rings (SSSR count). The SMILES string of the molecule is C=C(C)CC(C)C(O)(CC(C)(C)c1cc(F)ccc1O)C(=O)Nc1ccc2c(c1)COC2=O. The number of fused-ring (bicyclic) bond motifs is 1. The minimum Gasteiger partial charge on any atom is -0.508 e. The van der Waals surface area contributed by atoms with Gasteiger partial charge in [-0.15, -0.1) is 6.58 Å². The van der Waals surface area contributed by atoms with Crippen molar-refractivity contribution in [3.63, 3.8) is 0 Å². The first-order chi connectivity index (χ1) is 15.3. The van der Waals surface area contributed by atoms with Crippen LogP contribution in [0.25, 0.3) is 0 Å². The molecule has 0 radical (unpaired) electrons. The predicted octanol–water partition coefficient (Wildman–Crippen LogP) is 4.84. The number of ether oxygens (including phenoxy) is 1. The van der Waals surface area contributed by atoms with E-state index in [1.54, 1.807) is 39.0 Å². The lowest BCUT2D eigenvalue weighted by molar-refractivity contribution is -0.142. The van der Waals surface area contributed by atoms with Gasteiger partial charge in [-0.05, 0) is 67.5 Å². The van der Waals surface area contributed by atoms with Crippen molar-refractivity contribution >= 4 is 17.6 Å². The number of carbonyl (C=O) groups is 2. The van der Waals surface area contributed by atoms with Crippen LogP contribution in [-0.4, -0.2) is 27.7 Å². The zero-order valence-corrected chi connectivity index (χ0v) is 19.4. The van der Waals surface area contributed by atoms with Crippen molar-refractivity contribution in [3.05, 3.63) is 71.1 Å². The second-order valence-corrected chi connectivity index (χ2v) is 9.61. The number of esters is 1. The van der Waals surface area contributed by atoms with Crippen molar-refractivity contribution in [3.8, 4) is 5.75 Å². The van der Waals surface area contributed by atoms with Crippen molar-refractivity contribution in [1.82, 2.24) is 0 Å². The number of benzene rings is 2. The molecule has 2 atom stereocenters. The second kappa shape index (κ2) is 8.98. The predicted molar refractivity (Wildman–Crippen MR) is 123 cm³/mol. The highest BCUT2D eigenvalue weighted by molar-refractivity contribution is 5.99. The molecule has 3 N–H and O–H groups in total. The normalized spacial score (nSPS) is 15.9. The van der Waals surface area contributed by atoms with E-state index >= 15 is 0 Å². The van der Waals surface area contributed by atoms with E-state index in [4.69, 9.17) is 4.74 Å². The fourth-order valence-corrected chi connectivity index (χ4v) is 4.44. The van der Waals surface area contributed by atoms with Gasteiger partial charge in [-0.1, -0.05) is 26.3 Å². The number of allylic oxidation sites excluding steroid dienone is 1. The minimum atomic E-state index is -1.87. The number of phenolic OH excluding ortho intramolecular Hbond substituents is 1. The van der Waals surface area contributed by atoms with Gasteiger partial charge in [0.05, 0.1) is 5.56 Å². The van der Waals surface area contributed by atoms with Gasteiger partial charge >= 0.3 is 5.97 Å². The Kier molecular flexibility index (Phi) is 6.65. The molecule has 1 amide bonds. The van der Waals surface area contributed by atoms with E-state index in [-0.39, 0.29) is 18.8 Å². The summed E-state index contributed by atoms with van der Waals surface area (Å²) < 4.78 is 18.9. The molecule has 7 heteroatoms. The fourth-order valence-electron chi connectivity index (χ4n) is 4.44. The monoisotopic (exact) mass is 455 g/mol. The van der Waals surface area contributed by atoms with E-state index in [2.05, 4.69) is 11.9 Å². The number of cyclic esters (lactones) is 1. The number of phenols is 1. The maximum Gasteiger partial charge on any atom is 0.338 e. The van der Waals surface area contributed by atoms with E-state index in [1.165, 1.54) is 12.1 Å². The summed E-state index contributed by atoms with van der Waals surface area (Å²) in [5.41, 5.74) is -0.197. The quantitative estimate of drug-likeness (QED) is 0.391. The smallest absolute Gasteiger partial charge is 0.338 e. The molecule has 0 fully saturated rings. The molecule has 1 aliphatic heterocycles. The number of hydrogen-bond acceptors (Lipinski definition) is 5. The number of nitrogens with one attached hydrogen (secondary N) is 1. The standard InChI is InChI=1S/C26H30FNO5/c1-15(2)10-16(3)26(32,14-25(4,5)21-12-18(27)6-9-22(21)29)24(31)28-19-7-8-20-17(11-19)13-33-23(20)30/h6-9,11-12,16,29,32H,1,10,13-14H2,2-5H3,(H,28,31). The first kappa shape index (κ1) is 24.5. The molecule has 6 nitrogen and oxygen atoms in total. The van der Waals surface area contributed by atoms with Crippen LogP contribution < -0.4 is 5.32 Å². The Hall–Kier alpha value is -3.19. The summed E-state index contributed by atoms with van der Waals surface area (Å²) in [6.07, 6.45) is 0.311. The molecule has 2 aromatic carbocycles. The Labute approximate surface area is 193 Å². The molecule has 0 aliphatic carbocycles. The Bertz CT molecular complexity index is 1110. The van der Waals surface area contributed by atoms with Crippen molar-refractivity contribution in [1.29, 1.82) is 0 Å². The zero-order valence-electron chi connectivity index (χ0n) is 19.4. The number of hydrogen-bond donors (Lipinski definition) is 3. The molecule has 1 aliphatic rings. The van der Waals surface area contributed by atoms with Gasteiger partial charge in [0.1, 0.15) is 23.8 Å². The summed E-state index contributed by atoms with van der Waals surface area (Å²) in [5, 5.41) is 24.8. The molecular formula is C26H30FNO5. The summed E-state index contributed by atoms with van der Waals surface area (Å²) in [5.74, 6) is -2.20. The van der Waals surface area contributed by atoms with Crippen molar-refractivity contribution < 1.29 is 28.9 Å². The number of carbonyl (C=O) groups excluding carboxylic acids is 2. The Morgan fingerprint density at radius 3 is 2.64 bits per heavy atom. The van der Waals surface area contributed by atoms with Crippen LogP contribution in [0.1, 0.15) is 62.0 Å². The largest absolute Gasteiger partial charge is 0.508 e. The first-order valence-corrected chi connectivity index (χ1v) is 10.8. The topological polar surface area (TPSA) is 95.9 Å². The molecule has 2 aromatic rings. The molecule has 0 bridgehead atoms. The van der Waals surface area contributed by atoms with E-state index in [9.17, 15) is 24.2 Å². The molecule has 0 saturated carbocycles. The summed E-state index contributed by atoms with van der Waals surface area (Å²) >= 11 is 0. The molecule has 2 unspecified atom stereocenters. The van der Waals surface area contributed by atoms with Crippen LogP contribution in [0, 0.1) is 11.7 Å². The van der Waals surface area contributed by atoms with Gasteiger partial charge in [0.25, 0.3) is 5.91 Å². The highest BCUT2D eigenvalue weighted by atomic mass is 19.1. The highest BCUT2D eigenvalue weighted by Gasteiger charge is 2.46. The van der Waals surface area contributed by atoms with Gasteiger partial charge in [-0.3, -0.25) is 4.79 Å². The van der Waals surface area contributed by atoms with Crippen molar-refractivity contribution in [2.45, 2.75) is 58.2 Å². The summed E-state index contributed by atoms with van der Waals surface area (Å²) in [4.78, 5) is 25.1. The van der Waals surface area contributed by atoms with Crippen molar-refractivity contribution in [2.75, 3.05) is 5.32 Å². The van der Waals surface area contributed by atoms with Crippen LogP contribution in [0.3, 0.4) is 0 Å². The number of aromatic hydroxyl groups is 1. The third-order valence-corrected chi connectivity index (χ3v) is 6.20. The number of anilines is 1. The third kappa shape index (κ3) is 5.09. The lowest BCUT2D eigenvalue weighted by atomic mass is 9.69. The summed E-state index contributed by atoms with van der Waals surface area (Å²) in [6, 6.07) is 8.43. The summed E-state index contributed by atoms with van der Waals surface area (Å²) in [7, 11) is 0. The van der Waals surface area contributed by atoms with Crippen LogP contribution in [0.15, 0.2) is 48.6 Å². The number of aliphatic hydroxyl groups is 1. The van der Waals surface area contributed by atoms with E-state index in [0.717, 1.165) is 11.6 Å². The molecule has 33 heavy (non-hydrogen) atoms. The number of rotatable bonds is 8. The van der Waals surface area contributed by atoms with Gasteiger partial charge in [0.2, 0.25) is 0 Å². The van der Waals surface area contributed by atoms with Crippen LogP contribution in [0.5, 0.6) is 5.75 Å². The molecule has 0 saturated heterocycles. The van der Waals surface area contributed by atoms with Gasteiger partial charge in [-0.25, -0.2) is 9.18 Å². The van der Waals surface area contributed by atoms with E-state index in [0.29, 0.717) is 28.8 Å². The first-order valence-electron chi connectivity index (χ1n) is 10.8. The fraction of sp³-hybridized carbons (Fsp3) is 0.385. The molecule has 176 valence electrons. The van der Waals surface area contributed by atoms with Gasteiger partial charge in [0, 0.05) is 16.8 Å². The van der Waals surface area contributed by atoms with Crippen LogP contribution in [0.4, 0.5) is 10.1 Å². The molecule has 0 aromatic heterocycles. The molecule has 1 heterocycles. The third-order valence-electron chi connectivity index (χ3n) is 6.20. The lowest BCUT2D eigenvalue weighted by Gasteiger charge is -2.39. The van der Waals surface area contributed by atoms with Gasteiger partial charge in [0.15, 0.2) is 0 Å². The molecule has 0 spiro atoms.